The van der Waals surface area contributed by atoms with Crippen LogP contribution in [0.15, 0.2) is 29.4 Å². The van der Waals surface area contributed by atoms with Gasteiger partial charge in [-0.3, -0.25) is 9.59 Å². The lowest BCUT2D eigenvalue weighted by molar-refractivity contribution is -0.113. The number of anilines is 1. The highest BCUT2D eigenvalue weighted by molar-refractivity contribution is 7.99. The number of nitrogens with one attached hydrogen (secondary N) is 1. The third-order valence-electron chi connectivity index (χ3n) is 5.81. The molecule has 1 unspecified atom stereocenters. The number of rotatable bonds is 10. The average Bonchev–Trinajstić information content (AvgIpc) is 3.40. The number of hydrogen-bond acceptors (Lipinski definition) is 9. The van der Waals surface area contributed by atoms with Crippen molar-refractivity contribution in [2.75, 3.05) is 32.3 Å². The molecule has 2 heterocycles. The summed E-state index contributed by atoms with van der Waals surface area (Å²) in [5.41, 5.74) is 1.88. The Kier molecular flexibility index (Phi) is 9.55. The van der Waals surface area contributed by atoms with Gasteiger partial charge >= 0.3 is 5.97 Å². The Balaban J connectivity index is 1.67. The van der Waals surface area contributed by atoms with Crippen molar-refractivity contribution in [1.29, 1.82) is 0 Å². The minimum absolute atomic E-state index is 0.0202. The first kappa shape index (κ1) is 29.2. The maximum Gasteiger partial charge on any atom is 0.341 e. The topological polar surface area (TPSA) is 116 Å². The summed E-state index contributed by atoms with van der Waals surface area (Å²) < 4.78 is 12.7. The highest BCUT2D eigenvalue weighted by atomic mass is 32.2. The number of carbonyl (C=O) groups excluding carboxylic acids is 3. The Morgan fingerprint density at radius 3 is 2.37 bits per heavy atom. The highest BCUT2D eigenvalue weighted by Gasteiger charge is 2.27. The number of methoxy groups -OCH3 is 1. The third kappa shape index (κ3) is 6.54. The molecule has 1 aromatic carbocycles. The molecule has 38 heavy (non-hydrogen) atoms. The van der Waals surface area contributed by atoms with Gasteiger partial charge in [0, 0.05) is 21.1 Å². The number of benzene rings is 1. The normalized spacial score (nSPS) is 11.8. The molecule has 0 spiro atoms. The van der Waals surface area contributed by atoms with Gasteiger partial charge in [0.05, 0.1) is 23.3 Å². The Labute approximate surface area is 230 Å². The second-order valence-corrected chi connectivity index (χ2v) is 11.1. The monoisotopic (exact) mass is 559 g/mol. The van der Waals surface area contributed by atoms with Crippen LogP contribution in [-0.4, -0.2) is 64.4 Å². The van der Waals surface area contributed by atoms with Crippen LogP contribution in [0.5, 0.6) is 5.75 Å². The molecule has 204 valence electrons. The SMILES string of the molecule is COC(=O)c1c(NC(=O)CSc2nnc(C(C)Oc3ccc(C(C)C)cc3)n2C)sc(C(=O)N(C)C)c1C. The van der Waals surface area contributed by atoms with Crippen LogP contribution >= 0.6 is 23.1 Å². The van der Waals surface area contributed by atoms with Crippen molar-refractivity contribution < 1.29 is 23.9 Å². The summed E-state index contributed by atoms with van der Waals surface area (Å²) >= 11 is 2.25. The summed E-state index contributed by atoms with van der Waals surface area (Å²) in [5, 5.41) is 12.0. The molecule has 0 aliphatic rings. The van der Waals surface area contributed by atoms with Crippen LogP contribution < -0.4 is 10.1 Å². The smallest absolute Gasteiger partial charge is 0.341 e. The number of hydrogen-bond donors (Lipinski definition) is 1. The number of amides is 2. The summed E-state index contributed by atoms with van der Waals surface area (Å²) in [5.74, 6) is 0.580. The molecule has 2 amide bonds. The van der Waals surface area contributed by atoms with Gasteiger partial charge in [-0.25, -0.2) is 4.79 Å². The zero-order chi connectivity index (χ0) is 28.1. The molecule has 0 aliphatic heterocycles. The molecule has 0 saturated heterocycles. The van der Waals surface area contributed by atoms with E-state index >= 15 is 0 Å². The molecule has 1 N–H and O–H groups in total. The van der Waals surface area contributed by atoms with Crippen LogP contribution in [0, 0.1) is 6.92 Å². The van der Waals surface area contributed by atoms with Crippen molar-refractivity contribution in [2.45, 2.75) is 44.9 Å². The maximum absolute atomic E-state index is 12.8. The van der Waals surface area contributed by atoms with Crippen molar-refractivity contribution in [3.05, 3.63) is 51.7 Å². The van der Waals surface area contributed by atoms with E-state index in [1.807, 2.05) is 38.2 Å². The molecule has 1 atom stereocenters. The Morgan fingerprint density at radius 1 is 1.13 bits per heavy atom. The molecule has 2 aromatic heterocycles. The van der Waals surface area contributed by atoms with Gasteiger partial charge in [0.2, 0.25) is 5.91 Å². The number of ether oxygens (including phenoxy) is 2. The molecular weight excluding hydrogens is 526 g/mol. The lowest BCUT2D eigenvalue weighted by atomic mass is 10.0. The van der Waals surface area contributed by atoms with Gasteiger partial charge in [0.1, 0.15) is 10.8 Å². The number of aromatic nitrogens is 3. The largest absolute Gasteiger partial charge is 0.483 e. The first-order chi connectivity index (χ1) is 17.9. The average molecular weight is 560 g/mol. The fourth-order valence-electron chi connectivity index (χ4n) is 3.64. The highest BCUT2D eigenvalue weighted by Crippen LogP contribution is 2.34. The molecule has 0 aliphatic carbocycles. The van der Waals surface area contributed by atoms with E-state index in [0.717, 1.165) is 17.1 Å². The van der Waals surface area contributed by atoms with Crippen LogP contribution in [0.2, 0.25) is 0 Å². The van der Waals surface area contributed by atoms with E-state index in [-0.39, 0.29) is 34.2 Å². The van der Waals surface area contributed by atoms with Crippen molar-refractivity contribution in [2.24, 2.45) is 7.05 Å². The molecule has 0 saturated carbocycles. The van der Waals surface area contributed by atoms with Gasteiger partial charge in [-0.2, -0.15) is 0 Å². The van der Waals surface area contributed by atoms with Crippen molar-refractivity contribution in [1.82, 2.24) is 19.7 Å². The number of esters is 1. The van der Waals surface area contributed by atoms with Gasteiger partial charge < -0.3 is 24.3 Å². The first-order valence-corrected chi connectivity index (χ1v) is 13.8. The number of thiophene rings is 1. The summed E-state index contributed by atoms with van der Waals surface area (Å²) in [6, 6.07) is 7.97. The second kappa shape index (κ2) is 12.4. The van der Waals surface area contributed by atoms with Crippen LogP contribution in [0.3, 0.4) is 0 Å². The zero-order valence-electron chi connectivity index (χ0n) is 22.8. The number of thioether (sulfide) groups is 1. The predicted molar refractivity (Wildman–Crippen MR) is 148 cm³/mol. The standard InChI is InChI=1S/C26H33N5O5S2/c1-14(2)17-9-11-18(12-10-17)36-16(4)22-28-29-26(31(22)7)37-13-19(32)27-23-20(25(34)35-8)15(3)21(38-23)24(33)30(5)6/h9-12,14,16H,13H2,1-8H3,(H,27,32). The lowest BCUT2D eigenvalue weighted by Crippen LogP contribution is -2.21. The lowest BCUT2D eigenvalue weighted by Gasteiger charge is -2.15. The van der Waals surface area contributed by atoms with Crippen molar-refractivity contribution in [3.8, 4) is 5.75 Å². The quantitative estimate of drug-likeness (QED) is 0.282. The van der Waals surface area contributed by atoms with E-state index in [0.29, 0.717) is 27.3 Å². The minimum Gasteiger partial charge on any atom is -0.483 e. The van der Waals surface area contributed by atoms with Crippen LogP contribution in [0.25, 0.3) is 0 Å². The van der Waals surface area contributed by atoms with E-state index in [2.05, 4.69) is 29.4 Å². The van der Waals surface area contributed by atoms with E-state index in [4.69, 9.17) is 9.47 Å². The Bertz CT molecular complexity index is 1310. The van der Waals surface area contributed by atoms with E-state index in [1.165, 1.54) is 29.3 Å². The van der Waals surface area contributed by atoms with Gasteiger partial charge in [0.25, 0.3) is 5.91 Å². The van der Waals surface area contributed by atoms with Crippen molar-refractivity contribution in [3.63, 3.8) is 0 Å². The minimum atomic E-state index is -0.620. The van der Waals surface area contributed by atoms with E-state index in [9.17, 15) is 14.4 Å². The van der Waals surface area contributed by atoms with Crippen molar-refractivity contribution >= 4 is 45.9 Å². The Hall–Kier alpha value is -3.38. The van der Waals surface area contributed by atoms with E-state index in [1.54, 1.807) is 25.6 Å². The molecule has 10 nitrogen and oxygen atoms in total. The van der Waals surface area contributed by atoms with Crippen LogP contribution in [-0.2, 0) is 16.6 Å². The van der Waals surface area contributed by atoms with Gasteiger partial charge in [-0.15, -0.1) is 21.5 Å². The van der Waals surface area contributed by atoms with Gasteiger partial charge in [0.15, 0.2) is 17.1 Å². The molecular formula is C26H33N5O5S2. The number of carbonyl (C=O) groups is 3. The fraction of sp³-hybridized carbons (Fsp3) is 0.423. The van der Waals surface area contributed by atoms with Gasteiger partial charge in [-0.05, 0) is 43.0 Å². The molecule has 0 bridgehead atoms. The molecule has 0 fully saturated rings. The van der Waals surface area contributed by atoms with Crippen LogP contribution in [0.1, 0.15) is 69.8 Å². The van der Waals surface area contributed by atoms with E-state index < -0.39 is 5.97 Å². The molecule has 3 rings (SSSR count). The first-order valence-electron chi connectivity index (χ1n) is 12.0. The summed E-state index contributed by atoms with van der Waals surface area (Å²) in [7, 11) is 6.31. The predicted octanol–water partition coefficient (Wildman–Crippen LogP) is 4.67. The summed E-state index contributed by atoms with van der Waals surface area (Å²) in [6.45, 7) is 7.83. The van der Waals surface area contributed by atoms with Gasteiger partial charge in [-0.1, -0.05) is 37.7 Å². The Morgan fingerprint density at radius 2 is 1.79 bits per heavy atom. The third-order valence-corrected chi connectivity index (χ3v) is 8.03. The van der Waals surface area contributed by atoms with Crippen LogP contribution in [0.4, 0.5) is 5.00 Å². The zero-order valence-corrected chi connectivity index (χ0v) is 24.5. The summed E-state index contributed by atoms with van der Waals surface area (Å²) in [6.07, 6.45) is -0.357. The molecule has 12 heteroatoms. The second-order valence-electron chi connectivity index (χ2n) is 9.17. The fourth-order valence-corrected chi connectivity index (χ4v) is 5.59. The maximum atomic E-state index is 12.8. The molecule has 3 aromatic rings. The number of nitrogens with zero attached hydrogens (tertiary/aromatic N) is 4. The summed E-state index contributed by atoms with van der Waals surface area (Å²) in [4.78, 5) is 39.5. The molecule has 0 radical (unpaired) electrons.